The van der Waals surface area contributed by atoms with E-state index < -0.39 is 5.97 Å². The van der Waals surface area contributed by atoms with Crippen molar-refractivity contribution in [1.82, 2.24) is 0 Å². The molecule has 5 heteroatoms. The summed E-state index contributed by atoms with van der Waals surface area (Å²) in [5, 5.41) is 11.1. The Labute approximate surface area is 123 Å². The summed E-state index contributed by atoms with van der Waals surface area (Å²) in [4.78, 5) is 12.0. The van der Waals surface area contributed by atoms with E-state index in [1.54, 1.807) is 25.3 Å². The van der Waals surface area contributed by atoms with Gasteiger partial charge in [-0.05, 0) is 51.1 Å². The van der Waals surface area contributed by atoms with Gasteiger partial charge in [-0.15, -0.1) is 11.3 Å². The van der Waals surface area contributed by atoms with Crippen LogP contribution in [0.4, 0.5) is 0 Å². The molecule has 0 amide bonds. The first-order chi connectivity index (χ1) is 9.11. The van der Waals surface area contributed by atoms with Gasteiger partial charge in [-0.3, -0.25) is 0 Å². The molecule has 0 saturated carbocycles. The summed E-state index contributed by atoms with van der Waals surface area (Å²) >= 11 is 4.79. The molecular weight excluding hydrogens is 328 g/mol. The first-order valence-electron chi connectivity index (χ1n) is 5.44. The first kappa shape index (κ1) is 13.8. The van der Waals surface area contributed by atoms with Crippen molar-refractivity contribution in [1.29, 1.82) is 0 Å². The first-order valence-corrected chi connectivity index (χ1v) is 7.11. The Morgan fingerprint density at radius 2 is 2.21 bits per heavy atom. The van der Waals surface area contributed by atoms with Crippen molar-refractivity contribution in [3.05, 3.63) is 50.6 Å². The van der Waals surface area contributed by atoms with Crippen LogP contribution in [0.5, 0.6) is 5.75 Å². The Balaban J connectivity index is 2.42. The molecule has 0 bridgehead atoms. The van der Waals surface area contributed by atoms with E-state index in [2.05, 4.69) is 15.9 Å². The lowest BCUT2D eigenvalue weighted by molar-refractivity contribution is -0.130. The summed E-state index contributed by atoms with van der Waals surface area (Å²) in [5.74, 6) is -0.223. The van der Waals surface area contributed by atoms with Gasteiger partial charge in [0, 0.05) is 4.88 Å². The van der Waals surface area contributed by atoms with E-state index in [1.807, 2.05) is 23.6 Å². The van der Waals surface area contributed by atoms with Crippen molar-refractivity contribution in [3.8, 4) is 5.75 Å². The number of aliphatic carboxylic acids is 1. The van der Waals surface area contributed by atoms with E-state index in [-0.39, 0.29) is 5.57 Å². The van der Waals surface area contributed by atoms with E-state index in [0.29, 0.717) is 5.75 Å². The fourth-order valence-electron chi connectivity index (χ4n) is 1.61. The van der Waals surface area contributed by atoms with Crippen molar-refractivity contribution in [3.63, 3.8) is 0 Å². The molecule has 0 spiro atoms. The van der Waals surface area contributed by atoms with Gasteiger partial charge in [0.1, 0.15) is 5.75 Å². The third-order valence-electron chi connectivity index (χ3n) is 2.50. The number of methoxy groups -OCH3 is 1. The maximum absolute atomic E-state index is 11.3. The Hall–Kier alpha value is -1.59. The van der Waals surface area contributed by atoms with Crippen LogP contribution in [0.25, 0.3) is 11.6 Å². The van der Waals surface area contributed by atoms with E-state index in [9.17, 15) is 9.90 Å². The molecule has 98 valence electrons. The van der Waals surface area contributed by atoms with Crippen LogP contribution in [-0.4, -0.2) is 18.2 Å². The van der Waals surface area contributed by atoms with Gasteiger partial charge in [0.25, 0.3) is 0 Å². The highest BCUT2D eigenvalue weighted by Gasteiger charge is 2.11. The van der Waals surface area contributed by atoms with Gasteiger partial charge in [0.2, 0.25) is 0 Å². The highest BCUT2D eigenvalue weighted by Crippen LogP contribution is 2.28. The zero-order valence-corrected chi connectivity index (χ0v) is 12.5. The summed E-state index contributed by atoms with van der Waals surface area (Å²) in [6.07, 6.45) is 1.65. The summed E-state index contributed by atoms with van der Waals surface area (Å²) in [5.41, 5.74) is 1.09. The quantitative estimate of drug-likeness (QED) is 0.852. The zero-order chi connectivity index (χ0) is 13.8. The molecule has 0 atom stereocenters. The van der Waals surface area contributed by atoms with Crippen LogP contribution in [0, 0.1) is 0 Å². The van der Waals surface area contributed by atoms with Gasteiger partial charge in [-0.2, -0.15) is 0 Å². The van der Waals surface area contributed by atoms with E-state index in [4.69, 9.17) is 4.74 Å². The van der Waals surface area contributed by atoms with Crippen molar-refractivity contribution in [2.75, 3.05) is 7.11 Å². The van der Waals surface area contributed by atoms with E-state index >= 15 is 0 Å². The average molecular weight is 339 g/mol. The molecule has 0 radical (unpaired) electrons. The van der Waals surface area contributed by atoms with Gasteiger partial charge in [-0.25, -0.2) is 4.79 Å². The second-order valence-electron chi connectivity index (χ2n) is 3.73. The third kappa shape index (κ3) is 3.24. The predicted octanol–water partition coefficient (Wildman–Crippen LogP) is 4.14. The highest BCUT2D eigenvalue weighted by atomic mass is 79.9. The summed E-state index contributed by atoms with van der Waals surface area (Å²) in [6.45, 7) is 0. The molecule has 1 heterocycles. The predicted molar refractivity (Wildman–Crippen MR) is 80.5 cm³/mol. The van der Waals surface area contributed by atoms with Gasteiger partial charge in [0.05, 0.1) is 17.2 Å². The van der Waals surface area contributed by atoms with E-state index in [1.165, 1.54) is 11.3 Å². The Morgan fingerprint density at radius 3 is 2.74 bits per heavy atom. The fraction of sp³-hybridized carbons (Fsp3) is 0.0714. The summed E-state index contributed by atoms with van der Waals surface area (Å²) < 4.78 is 5.93. The Morgan fingerprint density at radius 1 is 1.42 bits per heavy atom. The minimum absolute atomic E-state index is 0.284. The molecule has 1 aromatic carbocycles. The number of benzene rings is 1. The topological polar surface area (TPSA) is 46.5 Å². The molecule has 0 fully saturated rings. The molecule has 2 rings (SSSR count). The third-order valence-corrected chi connectivity index (χ3v) is 4.03. The normalized spacial score (nSPS) is 11.4. The number of halogens is 1. The van der Waals surface area contributed by atoms with Crippen LogP contribution >= 0.6 is 27.3 Å². The van der Waals surface area contributed by atoms with Gasteiger partial charge < -0.3 is 9.84 Å². The fourth-order valence-corrected chi connectivity index (χ4v) is 2.90. The van der Waals surface area contributed by atoms with Crippen LogP contribution in [0.1, 0.15) is 10.4 Å². The zero-order valence-electron chi connectivity index (χ0n) is 10.1. The second-order valence-corrected chi connectivity index (χ2v) is 5.54. The van der Waals surface area contributed by atoms with Crippen LogP contribution in [0.2, 0.25) is 0 Å². The molecule has 1 N–H and O–H groups in total. The number of carboxylic acids is 1. The SMILES string of the molecule is COc1ccc(/C=C(\C(=O)O)c2cccs2)cc1Br. The smallest absolute Gasteiger partial charge is 0.337 e. The molecule has 0 aliphatic carbocycles. The molecule has 3 nitrogen and oxygen atoms in total. The number of carboxylic acid groups (broad SMARTS) is 1. The van der Waals surface area contributed by atoms with E-state index in [0.717, 1.165) is 14.9 Å². The van der Waals surface area contributed by atoms with Crippen LogP contribution in [0.15, 0.2) is 40.2 Å². The number of hydrogen-bond donors (Lipinski definition) is 1. The van der Waals surface area contributed by atoms with Crippen LogP contribution in [-0.2, 0) is 4.79 Å². The van der Waals surface area contributed by atoms with Gasteiger partial charge in [0.15, 0.2) is 0 Å². The molecule has 0 saturated heterocycles. The second kappa shape index (κ2) is 6.04. The number of ether oxygens (including phenoxy) is 1. The molecule has 0 aliphatic rings. The highest BCUT2D eigenvalue weighted by molar-refractivity contribution is 9.10. The van der Waals surface area contributed by atoms with Gasteiger partial charge in [-0.1, -0.05) is 12.1 Å². The minimum atomic E-state index is -0.936. The monoisotopic (exact) mass is 338 g/mol. The largest absolute Gasteiger partial charge is 0.496 e. The molecule has 1 aromatic heterocycles. The van der Waals surface area contributed by atoms with Crippen LogP contribution < -0.4 is 4.74 Å². The van der Waals surface area contributed by atoms with Crippen molar-refractivity contribution in [2.24, 2.45) is 0 Å². The van der Waals surface area contributed by atoms with Crippen molar-refractivity contribution in [2.45, 2.75) is 0 Å². The lowest BCUT2D eigenvalue weighted by Gasteiger charge is -2.04. The lowest BCUT2D eigenvalue weighted by atomic mass is 10.1. The molecular formula is C14H11BrO3S. The maximum atomic E-state index is 11.3. The average Bonchev–Trinajstić information content (AvgIpc) is 2.89. The number of thiophene rings is 1. The summed E-state index contributed by atoms with van der Waals surface area (Å²) in [7, 11) is 1.59. The Bertz CT molecular complexity index is 618. The molecule has 0 aliphatic heterocycles. The number of rotatable bonds is 4. The summed E-state index contributed by atoms with van der Waals surface area (Å²) in [6, 6.07) is 9.07. The lowest BCUT2D eigenvalue weighted by Crippen LogP contribution is -1.97. The number of hydrogen-bond acceptors (Lipinski definition) is 3. The molecule has 19 heavy (non-hydrogen) atoms. The van der Waals surface area contributed by atoms with Crippen molar-refractivity contribution >= 4 is 44.9 Å². The van der Waals surface area contributed by atoms with Crippen molar-refractivity contribution < 1.29 is 14.6 Å². The maximum Gasteiger partial charge on any atom is 0.337 e. The van der Waals surface area contributed by atoms with Crippen LogP contribution in [0.3, 0.4) is 0 Å². The Kier molecular flexibility index (Phi) is 4.39. The molecule has 2 aromatic rings. The van der Waals surface area contributed by atoms with Gasteiger partial charge >= 0.3 is 5.97 Å². The number of carbonyl (C=O) groups is 1. The standard InChI is InChI=1S/C14H11BrO3S/c1-18-12-5-4-9(8-11(12)15)7-10(14(16)17)13-3-2-6-19-13/h2-8H,1H3,(H,16,17)/b10-7-. The molecule has 0 unspecified atom stereocenters. The minimum Gasteiger partial charge on any atom is -0.496 e.